The lowest BCUT2D eigenvalue weighted by molar-refractivity contribution is -0.205. The molecule has 0 aliphatic carbocycles. The maximum Gasteiger partial charge on any atom is 0.227 e. The van der Waals surface area contributed by atoms with Gasteiger partial charge in [-0.2, -0.15) is 0 Å². The van der Waals surface area contributed by atoms with Crippen molar-refractivity contribution >= 4 is 5.91 Å². The van der Waals surface area contributed by atoms with E-state index in [-0.39, 0.29) is 18.1 Å². The topological polar surface area (TPSA) is 47.6 Å². The molecule has 0 unspecified atom stereocenters. The summed E-state index contributed by atoms with van der Waals surface area (Å²) in [6.45, 7) is 0.804. The van der Waals surface area contributed by atoms with Gasteiger partial charge in [0, 0.05) is 12.6 Å². The minimum atomic E-state index is -0.345. The van der Waals surface area contributed by atoms with E-state index in [0.29, 0.717) is 13.2 Å². The van der Waals surface area contributed by atoms with E-state index in [4.69, 9.17) is 9.47 Å². The van der Waals surface area contributed by atoms with Crippen LogP contribution in [0.3, 0.4) is 0 Å². The molecule has 0 bridgehead atoms. The van der Waals surface area contributed by atoms with Crippen molar-refractivity contribution < 1.29 is 14.3 Å². The van der Waals surface area contributed by atoms with Crippen LogP contribution in [0.4, 0.5) is 0 Å². The predicted molar refractivity (Wildman–Crippen MR) is 58.6 cm³/mol. The molecule has 1 N–H and O–H groups in total. The van der Waals surface area contributed by atoms with Crippen LogP contribution in [0.1, 0.15) is 11.9 Å². The first kappa shape index (κ1) is 11.1. The van der Waals surface area contributed by atoms with Crippen molar-refractivity contribution in [1.29, 1.82) is 0 Å². The first-order chi connectivity index (χ1) is 7.81. The fraction of sp³-hybridized carbons (Fsp3) is 0.417. The fourth-order valence-electron chi connectivity index (χ4n) is 1.66. The largest absolute Gasteiger partial charge is 0.359 e. The predicted octanol–water partition coefficient (Wildman–Crippen LogP) is 1.09. The lowest BCUT2D eigenvalue weighted by atomic mass is 10.1. The Balaban J connectivity index is 1.93. The Kier molecular flexibility index (Phi) is 3.54. The Morgan fingerprint density at radius 3 is 2.44 bits per heavy atom. The van der Waals surface area contributed by atoms with Crippen LogP contribution in [-0.2, 0) is 14.3 Å². The van der Waals surface area contributed by atoms with E-state index >= 15 is 0 Å². The molecule has 1 fully saturated rings. The van der Waals surface area contributed by atoms with Crippen LogP contribution in [0.25, 0.3) is 0 Å². The van der Waals surface area contributed by atoms with Crippen molar-refractivity contribution in [3.8, 4) is 0 Å². The molecule has 1 aliphatic heterocycles. The van der Waals surface area contributed by atoms with Crippen LogP contribution in [-0.4, -0.2) is 26.2 Å². The smallest absolute Gasteiger partial charge is 0.227 e. The second kappa shape index (κ2) is 5.09. The highest BCUT2D eigenvalue weighted by atomic mass is 16.7. The molecule has 0 atom stereocenters. The summed E-state index contributed by atoms with van der Waals surface area (Å²) in [6.07, 6.45) is -0.345. The molecule has 1 amide bonds. The third kappa shape index (κ3) is 2.40. The Morgan fingerprint density at radius 1 is 1.25 bits per heavy atom. The molecule has 0 saturated carbocycles. The van der Waals surface area contributed by atoms with Crippen molar-refractivity contribution in [3.05, 3.63) is 35.9 Å². The molecular weight excluding hydrogens is 206 g/mol. The van der Waals surface area contributed by atoms with E-state index in [9.17, 15) is 4.79 Å². The molecular formula is C12H15NO3. The van der Waals surface area contributed by atoms with Gasteiger partial charge in [0.05, 0.1) is 19.1 Å². The normalized spacial score (nSPS) is 25.1. The zero-order valence-corrected chi connectivity index (χ0v) is 9.18. The number of nitrogens with one attached hydrogen (secondary N) is 1. The first-order valence-electron chi connectivity index (χ1n) is 5.31. The minimum absolute atomic E-state index is 0.0356. The molecule has 1 aliphatic rings. The molecule has 0 aromatic heterocycles. The number of rotatable bonds is 2. The SMILES string of the molecule is CNC(=O)C1COC(c2ccccc2)OC1. The summed E-state index contributed by atoms with van der Waals surface area (Å²) < 4.78 is 11.0. The van der Waals surface area contributed by atoms with Gasteiger partial charge < -0.3 is 14.8 Å². The molecule has 16 heavy (non-hydrogen) atoms. The average molecular weight is 221 g/mol. The van der Waals surface area contributed by atoms with Crippen LogP contribution in [0.5, 0.6) is 0 Å². The van der Waals surface area contributed by atoms with Crippen LogP contribution in [0.2, 0.25) is 0 Å². The summed E-state index contributed by atoms with van der Waals surface area (Å²) >= 11 is 0. The highest BCUT2D eigenvalue weighted by Crippen LogP contribution is 2.24. The Hall–Kier alpha value is -1.39. The molecule has 1 heterocycles. The minimum Gasteiger partial charge on any atom is -0.359 e. The number of ether oxygens (including phenoxy) is 2. The highest BCUT2D eigenvalue weighted by molar-refractivity contribution is 5.78. The third-order valence-electron chi connectivity index (χ3n) is 2.59. The second-order valence-corrected chi connectivity index (χ2v) is 3.72. The average Bonchev–Trinajstić information content (AvgIpc) is 2.39. The standard InChI is InChI=1S/C12H15NO3/c1-13-11(14)10-7-15-12(16-8-10)9-5-3-2-4-6-9/h2-6,10,12H,7-8H2,1H3,(H,13,14). The fourth-order valence-corrected chi connectivity index (χ4v) is 1.66. The maximum atomic E-state index is 11.3. The van der Waals surface area contributed by atoms with Gasteiger partial charge in [-0.25, -0.2) is 0 Å². The van der Waals surface area contributed by atoms with Gasteiger partial charge in [0.1, 0.15) is 0 Å². The summed E-state index contributed by atoms with van der Waals surface area (Å²) in [5.41, 5.74) is 0.984. The summed E-state index contributed by atoms with van der Waals surface area (Å²) in [4.78, 5) is 11.3. The van der Waals surface area contributed by atoms with Crippen molar-refractivity contribution in [1.82, 2.24) is 5.32 Å². The van der Waals surface area contributed by atoms with E-state index < -0.39 is 0 Å². The molecule has 1 aromatic carbocycles. The lowest BCUT2D eigenvalue weighted by Gasteiger charge is -2.28. The number of hydrogen-bond donors (Lipinski definition) is 1. The summed E-state index contributed by atoms with van der Waals surface area (Å²) in [5, 5.41) is 2.59. The quantitative estimate of drug-likeness (QED) is 0.813. The van der Waals surface area contributed by atoms with Crippen molar-refractivity contribution in [3.63, 3.8) is 0 Å². The summed E-state index contributed by atoms with van der Waals surface area (Å²) in [7, 11) is 1.62. The number of amides is 1. The van der Waals surface area contributed by atoms with Crippen molar-refractivity contribution in [2.75, 3.05) is 20.3 Å². The highest BCUT2D eigenvalue weighted by Gasteiger charge is 2.27. The molecule has 0 spiro atoms. The van der Waals surface area contributed by atoms with Gasteiger partial charge in [0.25, 0.3) is 0 Å². The molecule has 2 rings (SSSR count). The maximum absolute atomic E-state index is 11.3. The van der Waals surface area contributed by atoms with E-state index in [0.717, 1.165) is 5.56 Å². The number of benzene rings is 1. The first-order valence-corrected chi connectivity index (χ1v) is 5.31. The van der Waals surface area contributed by atoms with Crippen LogP contribution < -0.4 is 5.32 Å². The van der Waals surface area contributed by atoms with Crippen molar-refractivity contribution in [2.45, 2.75) is 6.29 Å². The van der Waals surface area contributed by atoms with E-state index in [1.165, 1.54) is 0 Å². The molecule has 0 radical (unpaired) electrons. The van der Waals surface area contributed by atoms with Crippen LogP contribution in [0, 0.1) is 5.92 Å². The van der Waals surface area contributed by atoms with Gasteiger partial charge >= 0.3 is 0 Å². The third-order valence-corrected chi connectivity index (χ3v) is 2.59. The van der Waals surface area contributed by atoms with Gasteiger partial charge in [-0.3, -0.25) is 4.79 Å². The Morgan fingerprint density at radius 2 is 1.88 bits per heavy atom. The van der Waals surface area contributed by atoms with Crippen molar-refractivity contribution in [2.24, 2.45) is 5.92 Å². The van der Waals surface area contributed by atoms with Gasteiger partial charge in [-0.05, 0) is 0 Å². The summed E-state index contributed by atoms with van der Waals surface area (Å²) in [5.74, 6) is -0.239. The van der Waals surface area contributed by atoms with Gasteiger partial charge in [-0.15, -0.1) is 0 Å². The molecule has 86 valence electrons. The Bertz CT molecular complexity index is 345. The Labute approximate surface area is 94.6 Å². The number of hydrogen-bond acceptors (Lipinski definition) is 3. The second-order valence-electron chi connectivity index (χ2n) is 3.72. The van der Waals surface area contributed by atoms with E-state index in [1.54, 1.807) is 7.05 Å². The lowest BCUT2D eigenvalue weighted by Crippen LogP contribution is -2.38. The number of carbonyl (C=O) groups excluding carboxylic acids is 1. The zero-order valence-electron chi connectivity index (χ0n) is 9.18. The van der Waals surface area contributed by atoms with Gasteiger partial charge in [0.2, 0.25) is 5.91 Å². The molecule has 1 saturated heterocycles. The molecule has 4 heteroatoms. The van der Waals surface area contributed by atoms with Crippen LogP contribution in [0.15, 0.2) is 30.3 Å². The van der Waals surface area contributed by atoms with Crippen LogP contribution >= 0.6 is 0 Å². The van der Waals surface area contributed by atoms with Gasteiger partial charge in [0.15, 0.2) is 6.29 Å². The van der Waals surface area contributed by atoms with E-state index in [1.807, 2.05) is 30.3 Å². The monoisotopic (exact) mass is 221 g/mol. The molecule has 4 nitrogen and oxygen atoms in total. The van der Waals surface area contributed by atoms with E-state index in [2.05, 4.69) is 5.32 Å². The summed E-state index contributed by atoms with van der Waals surface area (Å²) in [6, 6.07) is 9.72. The van der Waals surface area contributed by atoms with Gasteiger partial charge in [-0.1, -0.05) is 30.3 Å². The molecule has 1 aromatic rings. The number of carbonyl (C=O) groups is 1. The zero-order chi connectivity index (χ0) is 11.4.